The maximum Gasteiger partial charge on any atom is 0.185 e. The maximum absolute atomic E-state index is 12.2. The largest absolute Gasteiger partial charge is 0.503 e. The molecule has 4 nitrogen and oxygen atoms in total. The first-order chi connectivity index (χ1) is 11.0. The molecule has 0 amide bonds. The number of hydrogen-bond donors (Lipinski definition) is 1. The highest BCUT2D eigenvalue weighted by Gasteiger charge is 2.09. The fourth-order valence-corrected chi connectivity index (χ4v) is 2.22. The molecule has 120 valence electrons. The van der Waals surface area contributed by atoms with Crippen LogP contribution in [0, 0.1) is 0 Å². The van der Waals surface area contributed by atoms with Gasteiger partial charge in [-0.3, -0.25) is 4.79 Å². The van der Waals surface area contributed by atoms with Gasteiger partial charge in [-0.05, 0) is 42.8 Å². The molecule has 0 atom stereocenters. The quantitative estimate of drug-likeness (QED) is 0.631. The van der Waals surface area contributed by atoms with Crippen molar-refractivity contribution in [2.24, 2.45) is 0 Å². The summed E-state index contributed by atoms with van der Waals surface area (Å²) in [5, 5.41) is 9.98. The molecule has 0 bridgehead atoms. The number of ketones is 1. The van der Waals surface area contributed by atoms with Gasteiger partial charge in [0.15, 0.2) is 17.3 Å². The molecule has 1 N–H and O–H groups in total. The van der Waals surface area contributed by atoms with Crippen molar-refractivity contribution in [3.8, 4) is 17.2 Å². The summed E-state index contributed by atoms with van der Waals surface area (Å²) in [4.78, 5) is 12.2. The summed E-state index contributed by atoms with van der Waals surface area (Å²) < 4.78 is 10.4. The summed E-state index contributed by atoms with van der Waals surface area (Å²) in [5.74, 6) is 0.639. The number of allylic oxidation sites excluding steroid dienone is 1. The molecule has 2 aromatic rings. The number of benzene rings is 2. The Kier molecular flexibility index (Phi) is 5.66. The molecule has 0 fully saturated rings. The van der Waals surface area contributed by atoms with Gasteiger partial charge >= 0.3 is 0 Å². The van der Waals surface area contributed by atoms with Gasteiger partial charge in [0.2, 0.25) is 0 Å². The number of rotatable bonds is 6. The number of methoxy groups -OCH3 is 1. The van der Waals surface area contributed by atoms with E-state index >= 15 is 0 Å². The lowest BCUT2D eigenvalue weighted by molar-refractivity contribution is 0.104. The van der Waals surface area contributed by atoms with Crippen LogP contribution in [0.25, 0.3) is 6.08 Å². The van der Waals surface area contributed by atoms with Gasteiger partial charge in [-0.25, -0.2) is 0 Å². The monoisotopic (exact) mass is 332 g/mol. The Balaban J connectivity index is 2.23. The number of carbonyl (C=O) groups excluding carboxylic acids is 1. The minimum atomic E-state index is -0.161. The third-order valence-electron chi connectivity index (χ3n) is 3.13. The van der Waals surface area contributed by atoms with E-state index in [1.165, 1.54) is 6.08 Å². The third-order valence-corrected chi connectivity index (χ3v) is 3.42. The van der Waals surface area contributed by atoms with E-state index in [1.54, 1.807) is 49.6 Å². The molecule has 0 aliphatic rings. The van der Waals surface area contributed by atoms with Crippen molar-refractivity contribution in [2.45, 2.75) is 6.92 Å². The van der Waals surface area contributed by atoms with Crippen LogP contribution in [0.1, 0.15) is 22.8 Å². The molecule has 0 saturated heterocycles. The van der Waals surface area contributed by atoms with Gasteiger partial charge < -0.3 is 14.6 Å². The highest BCUT2D eigenvalue weighted by Crippen LogP contribution is 2.35. The highest BCUT2D eigenvalue weighted by atomic mass is 35.5. The maximum atomic E-state index is 12.2. The first-order valence-electron chi connectivity index (χ1n) is 7.07. The van der Waals surface area contributed by atoms with Crippen LogP contribution in [-0.2, 0) is 0 Å². The zero-order chi connectivity index (χ0) is 16.8. The van der Waals surface area contributed by atoms with Crippen LogP contribution in [0.15, 0.2) is 42.5 Å². The topological polar surface area (TPSA) is 55.8 Å². The van der Waals surface area contributed by atoms with Crippen LogP contribution >= 0.6 is 11.6 Å². The van der Waals surface area contributed by atoms with Crippen molar-refractivity contribution < 1.29 is 19.4 Å². The van der Waals surface area contributed by atoms with Crippen molar-refractivity contribution in [2.75, 3.05) is 13.7 Å². The predicted molar refractivity (Wildman–Crippen MR) is 90.6 cm³/mol. The third kappa shape index (κ3) is 4.27. The first-order valence-corrected chi connectivity index (χ1v) is 7.44. The van der Waals surface area contributed by atoms with Gasteiger partial charge in [-0.1, -0.05) is 29.8 Å². The van der Waals surface area contributed by atoms with Gasteiger partial charge in [0.05, 0.1) is 18.7 Å². The number of phenolic OH excluding ortho intramolecular Hbond substituents is 1. The van der Waals surface area contributed by atoms with Crippen LogP contribution in [-0.4, -0.2) is 24.6 Å². The van der Waals surface area contributed by atoms with Gasteiger partial charge in [-0.2, -0.15) is 0 Å². The van der Waals surface area contributed by atoms with Crippen molar-refractivity contribution in [3.05, 3.63) is 58.6 Å². The van der Waals surface area contributed by atoms with Crippen LogP contribution in [0.3, 0.4) is 0 Å². The van der Waals surface area contributed by atoms with E-state index in [2.05, 4.69) is 0 Å². The lowest BCUT2D eigenvalue weighted by Crippen LogP contribution is -1.95. The fourth-order valence-electron chi connectivity index (χ4n) is 2.00. The number of phenols is 1. The molecule has 0 spiro atoms. The lowest BCUT2D eigenvalue weighted by Gasteiger charge is -2.08. The van der Waals surface area contributed by atoms with Gasteiger partial charge in [0.25, 0.3) is 0 Å². The zero-order valence-corrected chi connectivity index (χ0v) is 13.6. The molecule has 0 aliphatic carbocycles. The zero-order valence-electron chi connectivity index (χ0n) is 12.9. The molecule has 0 aromatic heterocycles. The van der Waals surface area contributed by atoms with E-state index in [0.29, 0.717) is 23.5 Å². The highest BCUT2D eigenvalue weighted by molar-refractivity contribution is 6.32. The van der Waals surface area contributed by atoms with Crippen LogP contribution in [0.2, 0.25) is 5.02 Å². The number of halogens is 1. The van der Waals surface area contributed by atoms with Gasteiger partial charge in [0.1, 0.15) is 5.75 Å². The second kappa shape index (κ2) is 7.70. The molecular formula is C18H17ClO4. The summed E-state index contributed by atoms with van der Waals surface area (Å²) >= 11 is 5.96. The summed E-state index contributed by atoms with van der Waals surface area (Å²) in [5.41, 5.74) is 1.18. The Hall–Kier alpha value is -2.46. The molecule has 0 heterocycles. The Morgan fingerprint density at radius 2 is 2.09 bits per heavy atom. The molecule has 2 rings (SSSR count). The summed E-state index contributed by atoms with van der Waals surface area (Å²) in [6.07, 6.45) is 3.06. The number of aromatic hydroxyl groups is 1. The second-order valence-corrected chi connectivity index (χ2v) is 5.12. The minimum absolute atomic E-state index is 0.107. The second-order valence-electron chi connectivity index (χ2n) is 4.71. The standard InChI is InChI=1S/C18H17ClO4/c1-3-23-17-10-12(9-15(19)18(17)21)7-8-16(20)13-5-4-6-14(11-13)22-2/h4-11,21H,3H2,1-2H3/b8-7+. The van der Waals surface area contributed by atoms with E-state index in [-0.39, 0.29) is 22.3 Å². The van der Waals surface area contributed by atoms with Gasteiger partial charge in [-0.15, -0.1) is 0 Å². The Bertz CT molecular complexity index is 738. The van der Waals surface area contributed by atoms with E-state index < -0.39 is 0 Å². The van der Waals surface area contributed by atoms with Crippen LogP contribution in [0.4, 0.5) is 0 Å². The smallest absolute Gasteiger partial charge is 0.185 e. The van der Waals surface area contributed by atoms with Crippen molar-refractivity contribution in [1.82, 2.24) is 0 Å². The van der Waals surface area contributed by atoms with Crippen LogP contribution < -0.4 is 9.47 Å². The molecule has 0 radical (unpaired) electrons. The Morgan fingerprint density at radius 1 is 1.30 bits per heavy atom. The van der Waals surface area contributed by atoms with E-state index in [9.17, 15) is 9.90 Å². The summed E-state index contributed by atoms with van der Waals surface area (Å²) in [6, 6.07) is 10.1. The number of hydrogen-bond acceptors (Lipinski definition) is 4. The molecule has 23 heavy (non-hydrogen) atoms. The van der Waals surface area contributed by atoms with E-state index in [4.69, 9.17) is 21.1 Å². The van der Waals surface area contributed by atoms with Crippen molar-refractivity contribution in [1.29, 1.82) is 0 Å². The fraction of sp³-hybridized carbons (Fsp3) is 0.167. The Labute approximate surface area is 139 Å². The van der Waals surface area contributed by atoms with Crippen LogP contribution in [0.5, 0.6) is 17.2 Å². The average molecular weight is 333 g/mol. The molecule has 0 unspecified atom stereocenters. The van der Waals surface area contributed by atoms with Crippen molar-refractivity contribution in [3.63, 3.8) is 0 Å². The minimum Gasteiger partial charge on any atom is -0.503 e. The molecule has 0 saturated carbocycles. The van der Waals surface area contributed by atoms with Gasteiger partial charge in [0, 0.05) is 5.56 Å². The Morgan fingerprint density at radius 3 is 2.78 bits per heavy atom. The molecule has 0 aliphatic heterocycles. The predicted octanol–water partition coefficient (Wildman–Crippen LogP) is 4.35. The molecular weight excluding hydrogens is 316 g/mol. The first kappa shape index (κ1) is 16.9. The van der Waals surface area contributed by atoms with E-state index in [0.717, 1.165) is 0 Å². The SMILES string of the molecule is CCOc1cc(/C=C/C(=O)c2cccc(OC)c2)cc(Cl)c1O. The summed E-state index contributed by atoms with van der Waals surface area (Å²) in [6.45, 7) is 2.21. The molecule has 2 aromatic carbocycles. The number of ether oxygens (including phenoxy) is 2. The molecule has 5 heteroatoms. The lowest BCUT2D eigenvalue weighted by atomic mass is 10.1. The number of carbonyl (C=O) groups is 1. The normalized spacial score (nSPS) is 10.7. The summed E-state index contributed by atoms with van der Waals surface area (Å²) in [7, 11) is 1.55. The van der Waals surface area contributed by atoms with Crippen molar-refractivity contribution >= 4 is 23.5 Å². The van der Waals surface area contributed by atoms with E-state index in [1.807, 2.05) is 6.92 Å². The average Bonchev–Trinajstić information content (AvgIpc) is 2.57.